The Labute approximate surface area is 144 Å². The monoisotopic (exact) mass is 402 g/mol. The van der Waals surface area contributed by atoms with E-state index >= 15 is 0 Å². The third kappa shape index (κ3) is 4.32. The molecule has 2 rings (SSSR count). The second-order valence-corrected chi connectivity index (χ2v) is 7.97. The van der Waals surface area contributed by atoms with Crippen molar-refractivity contribution in [3.8, 4) is 0 Å². The van der Waals surface area contributed by atoms with Crippen LogP contribution in [0.15, 0.2) is 57.9 Å². The molecule has 0 saturated carbocycles. The Balaban J connectivity index is 2.14. The van der Waals surface area contributed by atoms with E-state index in [1.54, 1.807) is 31.2 Å². The molecule has 118 valence electrons. The van der Waals surface area contributed by atoms with Gasteiger partial charge in [-0.15, -0.1) is 0 Å². The molecule has 6 heteroatoms. The molecule has 22 heavy (non-hydrogen) atoms. The zero-order valence-electron chi connectivity index (χ0n) is 12.2. The highest BCUT2D eigenvalue weighted by molar-refractivity contribution is 9.10. The first-order chi connectivity index (χ1) is 10.3. The summed E-state index contributed by atoms with van der Waals surface area (Å²) in [5.74, 6) is -0.0810. The number of hydrogen-bond acceptors (Lipinski definition) is 3. The summed E-state index contributed by atoms with van der Waals surface area (Å²) in [5.41, 5.74) is 0.975. The smallest absolute Gasteiger partial charge is 0.263 e. The zero-order chi connectivity index (χ0) is 16.3. The van der Waals surface area contributed by atoms with Crippen molar-refractivity contribution in [2.24, 2.45) is 0 Å². The Morgan fingerprint density at radius 1 is 1.00 bits per heavy atom. The maximum Gasteiger partial charge on any atom is 0.297 e. The van der Waals surface area contributed by atoms with E-state index in [0.717, 1.165) is 10.0 Å². The highest BCUT2D eigenvalue weighted by atomic mass is 79.9. The van der Waals surface area contributed by atoms with Crippen molar-refractivity contribution in [3.05, 3.63) is 63.6 Å². The Hall–Kier alpha value is -0.880. The van der Waals surface area contributed by atoms with Gasteiger partial charge in [0.2, 0.25) is 0 Å². The molecule has 2 aromatic rings. The number of halogens is 2. The Kier molecular flexibility index (Phi) is 5.66. The minimum absolute atomic E-state index is 0.0810. The molecule has 3 nitrogen and oxygen atoms in total. The van der Waals surface area contributed by atoms with Crippen LogP contribution in [-0.2, 0) is 14.3 Å². The zero-order valence-corrected chi connectivity index (χ0v) is 15.3. The van der Waals surface area contributed by atoms with E-state index < -0.39 is 16.2 Å². The first kappa shape index (κ1) is 17.5. The van der Waals surface area contributed by atoms with Gasteiger partial charge in [0, 0.05) is 15.4 Å². The summed E-state index contributed by atoms with van der Waals surface area (Å²) >= 11 is 9.14. The van der Waals surface area contributed by atoms with Crippen molar-refractivity contribution in [1.82, 2.24) is 0 Å². The van der Waals surface area contributed by atoms with E-state index in [2.05, 4.69) is 15.9 Å². The lowest BCUT2D eigenvalue weighted by atomic mass is 9.97. The van der Waals surface area contributed by atoms with Crippen LogP contribution in [0.5, 0.6) is 0 Å². The topological polar surface area (TPSA) is 43.4 Å². The number of hydrogen-bond donors (Lipinski definition) is 0. The molecule has 0 fully saturated rings. The van der Waals surface area contributed by atoms with Gasteiger partial charge in [-0.05, 0) is 48.9 Å². The van der Waals surface area contributed by atoms with Gasteiger partial charge in [0.15, 0.2) is 0 Å². The SMILES string of the molecule is C[C@@H](OS(=O)(=O)c1ccc(Br)cc1)[C@@H](C)c1ccc(Cl)cc1. The van der Waals surface area contributed by atoms with E-state index in [1.807, 2.05) is 19.1 Å². The molecule has 0 saturated heterocycles. The van der Waals surface area contributed by atoms with Crippen molar-refractivity contribution >= 4 is 37.6 Å². The fraction of sp³-hybridized carbons (Fsp3) is 0.250. The quantitative estimate of drug-likeness (QED) is 0.660. The summed E-state index contributed by atoms with van der Waals surface area (Å²) in [6.45, 7) is 3.67. The second-order valence-electron chi connectivity index (χ2n) is 5.05. The normalized spacial score (nSPS) is 14.5. The van der Waals surface area contributed by atoms with Crippen LogP contribution in [0.4, 0.5) is 0 Å². The summed E-state index contributed by atoms with van der Waals surface area (Å²) < 4.78 is 30.7. The molecule has 0 spiro atoms. The van der Waals surface area contributed by atoms with Crippen molar-refractivity contribution in [1.29, 1.82) is 0 Å². The van der Waals surface area contributed by atoms with Gasteiger partial charge in [0.05, 0.1) is 11.0 Å². The van der Waals surface area contributed by atoms with Gasteiger partial charge in [-0.2, -0.15) is 8.42 Å². The van der Waals surface area contributed by atoms with Crippen molar-refractivity contribution in [3.63, 3.8) is 0 Å². The molecule has 0 aliphatic carbocycles. The predicted octanol–water partition coefficient (Wildman–Crippen LogP) is 5.00. The third-order valence-corrected chi connectivity index (χ3v) is 5.67. The van der Waals surface area contributed by atoms with Gasteiger partial charge in [0.1, 0.15) is 0 Å². The lowest BCUT2D eigenvalue weighted by Gasteiger charge is -2.20. The van der Waals surface area contributed by atoms with Crippen LogP contribution in [0.2, 0.25) is 5.02 Å². The second kappa shape index (κ2) is 7.13. The maximum atomic E-state index is 12.3. The summed E-state index contributed by atoms with van der Waals surface area (Å²) in [6.07, 6.45) is -0.491. The summed E-state index contributed by atoms with van der Waals surface area (Å²) in [6, 6.07) is 13.7. The molecule has 0 amide bonds. The fourth-order valence-corrected chi connectivity index (χ4v) is 3.51. The molecule has 2 atom stereocenters. The lowest BCUT2D eigenvalue weighted by Crippen LogP contribution is -2.21. The summed E-state index contributed by atoms with van der Waals surface area (Å²) in [5, 5.41) is 0.645. The lowest BCUT2D eigenvalue weighted by molar-refractivity contribution is 0.203. The standard InChI is InChI=1S/C16H16BrClO3S/c1-11(13-3-7-15(18)8-4-13)12(2)21-22(19,20)16-9-5-14(17)6-10-16/h3-12H,1-2H3/t11-,12-/m1/s1. The molecule has 0 aromatic heterocycles. The average Bonchev–Trinajstić information content (AvgIpc) is 2.47. The van der Waals surface area contributed by atoms with Gasteiger partial charge >= 0.3 is 0 Å². The Bertz CT molecular complexity index is 727. The van der Waals surface area contributed by atoms with Crippen LogP contribution < -0.4 is 0 Å². The largest absolute Gasteiger partial charge is 0.297 e. The first-order valence-electron chi connectivity index (χ1n) is 6.74. The molecule has 0 bridgehead atoms. The van der Waals surface area contributed by atoms with E-state index in [1.165, 1.54) is 12.1 Å². The van der Waals surface area contributed by atoms with Crippen molar-refractivity contribution < 1.29 is 12.6 Å². The number of rotatable bonds is 5. The third-order valence-electron chi connectivity index (χ3n) is 3.48. The van der Waals surface area contributed by atoms with Crippen LogP contribution in [-0.4, -0.2) is 14.5 Å². The molecular formula is C16H16BrClO3S. The summed E-state index contributed by atoms with van der Waals surface area (Å²) in [4.78, 5) is 0.144. The molecular weight excluding hydrogens is 388 g/mol. The Morgan fingerprint density at radius 3 is 2.09 bits per heavy atom. The van der Waals surface area contributed by atoms with Gasteiger partial charge < -0.3 is 0 Å². The van der Waals surface area contributed by atoms with Gasteiger partial charge in [-0.1, -0.05) is 46.6 Å². The predicted molar refractivity (Wildman–Crippen MR) is 91.7 cm³/mol. The molecule has 0 heterocycles. The van der Waals surface area contributed by atoms with Gasteiger partial charge in [-0.3, -0.25) is 4.18 Å². The molecule has 0 unspecified atom stereocenters. The van der Waals surface area contributed by atoms with E-state index in [9.17, 15) is 8.42 Å². The molecule has 0 radical (unpaired) electrons. The van der Waals surface area contributed by atoms with Crippen LogP contribution in [0.25, 0.3) is 0 Å². The minimum atomic E-state index is -3.78. The van der Waals surface area contributed by atoms with Crippen LogP contribution in [0, 0.1) is 0 Å². The van der Waals surface area contributed by atoms with Crippen LogP contribution in [0.3, 0.4) is 0 Å². The fourth-order valence-electron chi connectivity index (χ4n) is 1.98. The van der Waals surface area contributed by atoms with E-state index in [0.29, 0.717) is 5.02 Å². The highest BCUT2D eigenvalue weighted by Gasteiger charge is 2.23. The van der Waals surface area contributed by atoms with E-state index in [-0.39, 0.29) is 10.8 Å². The van der Waals surface area contributed by atoms with E-state index in [4.69, 9.17) is 15.8 Å². The highest BCUT2D eigenvalue weighted by Crippen LogP contribution is 2.26. The van der Waals surface area contributed by atoms with Crippen molar-refractivity contribution in [2.45, 2.75) is 30.8 Å². The first-order valence-corrected chi connectivity index (χ1v) is 9.32. The molecule has 2 aromatic carbocycles. The van der Waals surface area contributed by atoms with Gasteiger partial charge in [-0.25, -0.2) is 0 Å². The van der Waals surface area contributed by atoms with Crippen molar-refractivity contribution in [2.75, 3.05) is 0 Å². The van der Waals surface area contributed by atoms with Gasteiger partial charge in [0.25, 0.3) is 10.1 Å². The molecule has 0 N–H and O–H groups in total. The molecule has 0 aliphatic rings. The molecule has 0 aliphatic heterocycles. The van der Waals surface area contributed by atoms with Crippen LogP contribution >= 0.6 is 27.5 Å². The minimum Gasteiger partial charge on any atom is -0.263 e. The number of benzene rings is 2. The van der Waals surface area contributed by atoms with Crippen LogP contribution in [0.1, 0.15) is 25.3 Å². The Morgan fingerprint density at radius 2 is 1.55 bits per heavy atom. The summed E-state index contributed by atoms with van der Waals surface area (Å²) in [7, 11) is -3.78. The average molecular weight is 404 g/mol. The maximum absolute atomic E-state index is 12.3.